The molecule has 0 atom stereocenters. The second-order valence-electron chi connectivity index (χ2n) is 1.88. The summed E-state index contributed by atoms with van der Waals surface area (Å²) >= 11 is 5.04. The molecule has 0 aromatic rings. The first kappa shape index (κ1) is 10.2. The Morgan fingerprint density at radius 3 is 2.45 bits per heavy atom. The van der Waals surface area contributed by atoms with Gasteiger partial charge in [0.25, 0.3) is 0 Å². The Labute approximate surface area is 72.1 Å². The summed E-state index contributed by atoms with van der Waals surface area (Å²) < 4.78 is 0. The monoisotopic (exact) mass is 170 g/mol. The Bertz CT molecular complexity index is 190. The van der Waals surface area contributed by atoms with E-state index < -0.39 is 5.24 Å². The number of carbonyl (C=O) groups excluding carboxylic acids is 1. The zero-order chi connectivity index (χ0) is 8.53. The summed E-state index contributed by atoms with van der Waals surface area (Å²) in [5.41, 5.74) is 0. The molecular formula is C9H11ClO. The summed E-state index contributed by atoms with van der Waals surface area (Å²) in [5.74, 6) is 0. The fourth-order valence-electron chi connectivity index (χ4n) is 0.474. The van der Waals surface area contributed by atoms with E-state index in [1.807, 2.05) is 18.2 Å². The van der Waals surface area contributed by atoms with Crippen LogP contribution in [-0.2, 0) is 4.79 Å². The van der Waals surface area contributed by atoms with Crippen LogP contribution in [-0.4, -0.2) is 5.24 Å². The third-order valence-electron chi connectivity index (χ3n) is 0.932. The van der Waals surface area contributed by atoms with Gasteiger partial charge in [-0.1, -0.05) is 37.3 Å². The van der Waals surface area contributed by atoms with E-state index in [0.29, 0.717) is 0 Å². The van der Waals surface area contributed by atoms with Crippen molar-refractivity contribution in [2.75, 3.05) is 0 Å². The Morgan fingerprint density at radius 2 is 1.91 bits per heavy atom. The minimum Gasteiger partial charge on any atom is -0.276 e. The SMILES string of the molecule is CC/C=C/C=C/C=C/C(=O)Cl. The van der Waals surface area contributed by atoms with Crippen LogP contribution in [0, 0.1) is 0 Å². The smallest absolute Gasteiger partial charge is 0.245 e. The number of carbonyl (C=O) groups is 1. The third kappa shape index (κ3) is 9.18. The van der Waals surface area contributed by atoms with Crippen LogP contribution in [0.1, 0.15) is 13.3 Å². The van der Waals surface area contributed by atoms with Gasteiger partial charge in [0.2, 0.25) is 5.24 Å². The van der Waals surface area contributed by atoms with Gasteiger partial charge >= 0.3 is 0 Å². The van der Waals surface area contributed by atoms with Gasteiger partial charge in [-0.2, -0.15) is 0 Å². The van der Waals surface area contributed by atoms with Crippen molar-refractivity contribution in [2.24, 2.45) is 0 Å². The molecule has 0 radical (unpaired) electrons. The summed E-state index contributed by atoms with van der Waals surface area (Å²) in [4.78, 5) is 10.2. The molecule has 0 fully saturated rings. The number of rotatable bonds is 4. The highest BCUT2D eigenvalue weighted by molar-refractivity contribution is 6.66. The normalized spacial score (nSPS) is 12.2. The van der Waals surface area contributed by atoms with Crippen molar-refractivity contribution in [1.82, 2.24) is 0 Å². The predicted octanol–water partition coefficient (Wildman–Crippen LogP) is 2.83. The topological polar surface area (TPSA) is 17.1 Å². The summed E-state index contributed by atoms with van der Waals surface area (Å²) in [6.07, 6.45) is 11.5. The van der Waals surface area contributed by atoms with E-state index in [0.717, 1.165) is 6.42 Å². The first-order valence-corrected chi connectivity index (χ1v) is 3.84. The average Bonchev–Trinajstić information content (AvgIpc) is 1.96. The zero-order valence-corrected chi connectivity index (χ0v) is 7.21. The highest BCUT2D eigenvalue weighted by Gasteiger charge is 1.79. The lowest BCUT2D eigenvalue weighted by atomic mass is 10.4. The minimum atomic E-state index is -0.450. The van der Waals surface area contributed by atoms with Crippen molar-refractivity contribution in [3.8, 4) is 0 Å². The van der Waals surface area contributed by atoms with E-state index in [9.17, 15) is 4.79 Å². The molecular weight excluding hydrogens is 160 g/mol. The average molecular weight is 171 g/mol. The quantitative estimate of drug-likeness (QED) is 0.360. The second kappa shape index (κ2) is 7.29. The molecule has 0 aromatic carbocycles. The van der Waals surface area contributed by atoms with Crippen molar-refractivity contribution in [1.29, 1.82) is 0 Å². The van der Waals surface area contributed by atoms with Gasteiger partial charge in [-0.15, -0.1) is 0 Å². The molecule has 0 bridgehead atoms. The van der Waals surface area contributed by atoms with E-state index in [4.69, 9.17) is 11.6 Å². The summed E-state index contributed by atoms with van der Waals surface area (Å²) in [6, 6.07) is 0. The number of halogens is 1. The van der Waals surface area contributed by atoms with Crippen molar-refractivity contribution in [3.05, 3.63) is 36.5 Å². The van der Waals surface area contributed by atoms with Gasteiger partial charge in [0.15, 0.2) is 0 Å². The third-order valence-corrected chi connectivity index (χ3v) is 1.06. The number of allylic oxidation sites excluding steroid dienone is 6. The van der Waals surface area contributed by atoms with E-state index in [1.165, 1.54) is 6.08 Å². The maximum absolute atomic E-state index is 10.2. The van der Waals surface area contributed by atoms with Crippen LogP contribution in [0.4, 0.5) is 0 Å². The standard InChI is InChI=1S/C9H11ClO/c1-2-3-4-5-6-7-8-9(10)11/h3-8H,2H2,1H3/b4-3+,6-5+,8-7+. The summed E-state index contributed by atoms with van der Waals surface area (Å²) in [5, 5.41) is -0.450. The van der Waals surface area contributed by atoms with Crippen LogP contribution < -0.4 is 0 Å². The molecule has 0 rings (SSSR count). The molecule has 0 aliphatic rings. The molecule has 11 heavy (non-hydrogen) atoms. The lowest BCUT2D eigenvalue weighted by Gasteiger charge is -1.74. The molecule has 0 spiro atoms. The largest absolute Gasteiger partial charge is 0.276 e. The van der Waals surface area contributed by atoms with Crippen molar-refractivity contribution in [2.45, 2.75) is 13.3 Å². The Kier molecular flexibility index (Phi) is 6.75. The molecule has 0 amide bonds. The first-order valence-electron chi connectivity index (χ1n) is 3.46. The van der Waals surface area contributed by atoms with Gasteiger partial charge in [0.1, 0.15) is 0 Å². The zero-order valence-electron chi connectivity index (χ0n) is 6.46. The van der Waals surface area contributed by atoms with Gasteiger partial charge in [0.05, 0.1) is 0 Å². The maximum Gasteiger partial charge on any atom is 0.245 e. The van der Waals surface area contributed by atoms with Crippen molar-refractivity contribution in [3.63, 3.8) is 0 Å². The van der Waals surface area contributed by atoms with Crippen LogP contribution in [0.3, 0.4) is 0 Å². The van der Waals surface area contributed by atoms with Crippen LogP contribution in [0.5, 0.6) is 0 Å². The summed E-state index contributed by atoms with van der Waals surface area (Å²) in [7, 11) is 0. The molecule has 0 N–H and O–H groups in total. The van der Waals surface area contributed by atoms with Gasteiger partial charge in [-0.3, -0.25) is 4.79 Å². The molecule has 0 heterocycles. The fraction of sp³-hybridized carbons (Fsp3) is 0.222. The molecule has 0 saturated carbocycles. The first-order chi connectivity index (χ1) is 5.27. The van der Waals surface area contributed by atoms with Gasteiger partial charge in [-0.05, 0) is 24.1 Å². The van der Waals surface area contributed by atoms with E-state index in [1.54, 1.807) is 12.2 Å². The molecule has 0 aromatic heterocycles. The van der Waals surface area contributed by atoms with Gasteiger partial charge in [-0.25, -0.2) is 0 Å². The Hall–Kier alpha value is -0.820. The van der Waals surface area contributed by atoms with Gasteiger partial charge < -0.3 is 0 Å². The van der Waals surface area contributed by atoms with Crippen molar-refractivity contribution >= 4 is 16.8 Å². The molecule has 60 valence electrons. The lowest BCUT2D eigenvalue weighted by molar-refractivity contribution is -0.107. The second-order valence-corrected chi connectivity index (χ2v) is 2.26. The predicted molar refractivity (Wildman–Crippen MR) is 48.6 cm³/mol. The lowest BCUT2D eigenvalue weighted by Crippen LogP contribution is -1.71. The van der Waals surface area contributed by atoms with Crippen LogP contribution >= 0.6 is 11.6 Å². The highest BCUT2D eigenvalue weighted by Crippen LogP contribution is 1.85. The molecule has 0 unspecified atom stereocenters. The molecule has 0 saturated heterocycles. The van der Waals surface area contributed by atoms with Crippen LogP contribution in [0.25, 0.3) is 0 Å². The van der Waals surface area contributed by atoms with E-state index in [2.05, 4.69) is 6.92 Å². The maximum atomic E-state index is 10.2. The highest BCUT2D eigenvalue weighted by atomic mass is 35.5. The Morgan fingerprint density at radius 1 is 1.27 bits per heavy atom. The van der Waals surface area contributed by atoms with Crippen LogP contribution in [0.2, 0.25) is 0 Å². The van der Waals surface area contributed by atoms with Crippen molar-refractivity contribution < 1.29 is 4.79 Å². The van der Waals surface area contributed by atoms with Crippen LogP contribution in [0.15, 0.2) is 36.5 Å². The molecule has 0 aliphatic heterocycles. The summed E-state index contributed by atoms with van der Waals surface area (Å²) in [6.45, 7) is 2.06. The number of hydrogen-bond acceptors (Lipinski definition) is 1. The fourth-order valence-corrected chi connectivity index (χ4v) is 0.547. The van der Waals surface area contributed by atoms with E-state index >= 15 is 0 Å². The van der Waals surface area contributed by atoms with E-state index in [-0.39, 0.29) is 0 Å². The Balaban J connectivity index is 3.60. The molecule has 0 aliphatic carbocycles. The molecule has 2 heteroatoms. The minimum absolute atomic E-state index is 0.450. The molecule has 1 nitrogen and oxygen atoms in total. The van der Waals surface area contributed by atoms with Gasteiger partial charge in [0, 0.05) is 0 Å². The number of hydrogen-bond donors (Lipinski definition) is 0.